The molecule has 0 aliphatic carbocycles. The average Bonchev–Trinajstić information content (AvgIpc) is 3.66. The summed E-state index contributed by atoms with van der Waals surface area (Å²) < 4.78 is 14.5. The van der Waals surface area contributed by atoms with Crippen LogP contribution in [-0.4, -0.2) is 22.8 Å². The Hall–Kier alpha value is -5.39. The summed E-state index contributed by atoms with van der Waals surface area (Å²) in [4.78, 5) is 5.00. The summed E-state index contributed by atoms with van der Waals surface area (Å²) in [7, 11) is 0. The van der Waals surface area contributed by atoms with E-state index in [-0.39, 0.29) is 0 Å². The molecule has 3 nitrogen and oxygen atoms in total. The second-order valence-corrected chi connectivity index (χ2v) is 19.5. The van der Waals surface area contributed by atoms with E-state index < -0.39 is 13.3 Å². The van der Waals surface area contributed by atoms with Gasteiger partial charge in [0.25, 0.3) is 0 Å². The third-order valence-corrected chi connectivity index (χ3v) is 19.3. The Labute approximate surface area is 263 Å². The summed E-state index contributed by atoms with van der Waals surface area (Å²) in [6.45, 7) is 0. The molecule has 0 amide bonds. The fraction of sp³-hybridized carbons (Fsp3) is 0. The number of furan rings is 1. The first kappa shape index (κ1) is 26.1. The molecule has 9 aromatic rings. The van der Waals surface area contributed by atoms with E-state index in [1.54, 1.807) is 0 Å². The zero-order valence-corrected chi connectivity index (χ0v) is 26.6. The minimum absolute atomic E-state index is 0.799. The van der Waals surface area contributed by atoms with Crippen LogP contribution in [0.2, 0.25) is 0 Å². The SMILES string of the molecule is c1cc[c]([Ge]([c]2ccccc2)([c]2ccccc2)[c]2cccc3c2oc2cnc(-n4c5ccccc5c5ccccc54)cc23)cc1. The van der Waals surface area contributed by atoms with Gasteiger partial charge in [0.2, 0.25) is 0 Å². The maximum absolute atomic E-state index is 6.88. The first-order chi connectivity index (χ1) is 22.3. The zero-order valence-electron chi connectivity index (χ0n) is 24.5. The van der Waals surface area contributed by atoms with Crippen molar-refractivity contribution in [1.82, 2.24) is 9.55 Å². The molecule has 0 saturated heterocycles. The van der Waals surface area contributed by atoms with Gasteiger partial charge < -0.3 is 0 Å². The van der Waals surface area contributed by atoms with E-state index in [1.807, 2.05) is 6.20 Å². The van der Waals surface area contributed by atoms with E-state index in [4.69, 9.17) is 9.40 Å². The molecule has 9 rings (SSSR count). The van der Waals surface area contributed by atoms with Crippen LogP contribution in [0, 0.1) is 0 Å². The molecule has 0 N–H and O–H groups in total. The van der Waals surface area contributed by atoms with Crippen molar-refractivity contribution in [2.24, 2.45) is 0 Å². The fourth-order valence-corrected chi connectivity index (χ4v) is 17.6. The second kappa shape index (κ2) is 10.4. The average molecular weight is 637 g/mol. The summed E-state index contributed by atoms with van der Waals surface area (Å²) in [6, 6.07) is 59.2. The first-order valence-corrected chi connectivity index (χ1v) is 19.5. The van der Waals surface area contributed by atoms with Crippen molar-refractivity contribution in [2.75, 3.05) is 0 Å². The minimum atomic E-state index is -3.55. The van der Waals surface area contributed by atoms with E-state index in [1.165, 1.54) is 28.4 Å². The summed E-state index contributed by atoms with van der Waals surface area (Å²) in [5, 5.41) is 4.63. The summed E-state index contributed by atoms with van der Waals surface area (Å²) >= 11 is -3.55. The van der Waals surface area contributed by atoms with Gasteiger partial charge in [-0.05, 0) is 0 Å². The quantitative estimate of drug-likeness (QED) is 0.184. The van der Waals surface area contributed by atoms with Crippen molar-refractivity contribution in [1.29, 1.82) is 0 Å². The van der Waals surface area contributed by atoms with Crippen molar-refractivity contribution in [3.63, 3.8) is 0 Å². The Bertz CT molecular complexity index is 2330. The number of aromatic nitrogens is 2. The van der Waals surface area contributed by atoms with Gasteiger partial charge in [-0.15, -0.1) is 0 Å². The van der Waals surface area contributed by atoms with Crippen LogP contribution in [0.25, 0.3) is 49.6 Å². The number of fused-ring (bicyclic) bond motifs is 6. The Balaban J connectivity index is 1.36. The molecule has 212 valence electrons. The Morgan fingerprint density at radius 2 is 0.956 bits per heavy atom. The van der Waals surface area contributed by atoms with Gasteiger partial charge in [0.05, 0.1) is 0 Å². The standard InChI is InChI=1S/C41H28GeN2O/c1-4-15-29(16-5-1)42(30-17-6-2-7-18-30,31-19-8-3-9-20-31)36-24-14-23-34-35-27-40(43-28-39(35)45-41(34)36)44-37-25-12-10-21-32(37)33-22-11-13-26-38(33)44/h1-28H. The third-order valence-electron chi connectivity index (χ3n) is 9.20. The van der Waals surface area contributed by atoms with E-state index in [0.29, 0.717) is 0 Å². The predicted octanol–water partition coefficient (Wildman–Crippen LogP) is 7.46. The molecule has 3 aromatic heterocycles. The van der Waals surface area contributed by atoms with Crippen LogP contribution in [0.1, 0.15) is 0 Å². The van der Waals surface area contributed by atoms with Gasteiger partial charge in [-0.3, -0.25) is 0 Å². The van der Waals surface area contributed by atoms with Gasteiger partial charge in [-0.25, -0.2) is 0 Å². The normalized spacial score (nSPS) is 12.0. The molecule has 4 heteroatoms. The summed E-state index contributed by atoms with van der Waals surface area (Å²) in [6.07, 6.45) is 1.90. The molecule has 0 aliphatic rings. The third kappa shape index (κ3) is 3.87. The Morgan fingerprint density at radius 1 is 0.467 bits per heavy atom. The molecule has 0 atom stereocenters. The van der Waals surface area contributed by atoms with Crippen molar-refractivity contribution < 1.29 is 4.42 Å². The van der Waals surface area contributed by atoms with E-state index in [0.717, 1.165) is 38.8 Å². The summed E-state index contributed by atoms with van der Waals surface area (Å²) in [5.74, 6) is 0.884. The van der Waals surface area contributed by atoms with E-state index >= 15 is 0 Å². The molecule has 0 fully saturated rings. The molecule has 0 unspecified atom stereocenters. The molecule has 0 spiro atoms. The van der Waals surface area contributed by atoms with Crippen LogP contribution in [0.15, 0.2) is 174 Å². The number of pyridine rings is 1. The van der Waals surface area contributed by atoms with Crippen LogP contribution in [0.3, 0.4) is 0 Å². The van der Waals surface area contributed by atoms with Crippen LogP contribution in [-0.2, 0) is 0 Å². The maximum atomic E-state index is 6.88. The van der Waals surface area contributed by atoms with Gasteiger partial charge in [-0.2, -0.15) is 0 Å². The molecular formula is C41H28GeN2O. The van der Waals surface area contributed by atoms with Crippen molar-refractivity contribution >= 4 is 74.6 Å². The molecule has 0 saturated carbocycles. The molecule has 0 aliphatic heterocycles. The molecular weight excluding hydrogens is 609 g/mol. The molecule has 0 bridgehead atoms. The number of rotatable bonds is 5. The fourth-order valence-electron chi connectivity index (χ4n) is 7.31. The van der Waals surface area contributed by atoms with E-state index in [9.17, 15) is 0 Å². The predicted molar refractivity (Wildman–Crippen MR) is 189 cm³/mol. The number of nitrogens with zero attached hydrogens (tertiary/aromatic N) is 2. The topological polar surface area (TPSA) is 31.0 Å². The summed E-state index contributed by atoms with van der Waals surface area (Å²) in [5.41, 5.74) is 4.04. The van der Waals surface area contributed by atoms with Gasteiger partial charge in [0, 0.05) is 0 Å². The van der Waals surface area contributed by atoms with Crippen LogP contribution in [0.4, 0.5) is 0 Å². The molecule has 6 aromatic carbocycles. The van der Waals surface area contributed by atoms with Gasteiger partial charge in [-0.1, -0.05) is 0 Å². The number of hydrogen-bond donors (Lipinski definition) is 0. The van der Waals surface area contributed by atoms with Gasteiger partial charge in [0.15, 0.2) is 0 Å². The Kier molecular flexibility index (Phi) is 6.00. The van der Waals surface area contributed by atoms with Gasteiger partial charge >= 0.3 is 264 Å². The van der Waals surface area contributed by atoms with Crippen LogP contribution >= 0.6 is 0 Å². The molecule has 3 heterocycles. The van der Waals surface area contributed by atoms with Crippen LogP contribution in [0.5, 0.6) is 0 Å². The van der Waals surface area contributed by atoms with Crippen molar-refractivity contribution in [3.05, 3.63) is 170 Å². The number of benzene rings is 6. The van der Waals surface area contributed by atoms with Crippen molar-refractivity contribution in [2.45, 2.75) is 0 Å². The molecule has 45 heavy (non-hydrogen) atoms. The molecule has 0 radical (unpaired) electrons. The van der Waals surface area contributed by atoms with E-state index in [2.05, 4.69) is 168 Å². The second-order valence-electron chi connectivity index (χ2n) is 11.5. The van der Waals surface area contributed by atoms with Crippen molar-refractivity contribution in [3.8, 4) is 5.82 Å². The monoisotopic (exact) mass is 638 g/mol. The number of hydrogen-bond acceptors (Lipinski definition) is 2. The first-order valence-electron chi connectivity index (χ1n) is 15.3. The Morgan fingerprint density at radius 3 is 1.51 bits per heavy atom. The van der Waals surface area contributed by atoms with Crippen LogP contribution < -0.4 is 17.6 Å². The van der Waals surface area contributed by atoms with Gasteiger partial charge in [0.1, 0.15) is 0 Å². The number of para-hydroxylation sites is 3. The zero-order chi connectivity index (χ0) is 29.8.